The third kappa shape index (κ3) is 2.83. The van der Waals surface area contributed by atoms with Crippen LogP contribution in [0.1, 0.15) is 57.6 Å². The quantitative estimate of drug-likeness (QED) is 0.888. The summed E-state index contributed by atoms with van der Waals surface area (Å²) in [4.78, 5) is 7.09. The van der Waals surface area contributed by atoms with Gasteiger partial charge in [-0.2, -0.15) is 0 Å². The summed E-state index contributed by atoms with van der Waals surface area (Å²) in [6.45, 7) is 5.43. The van der Waals surface area contributed by atoms with Crippen LogP contribution in [0.3, 0.4) is 0 Å². The fraction of sp³-hybridized carbons (Fsp3) is 0.667. The number of hydrogen-bond donors (Lipinski definition) is 1. The Bertz CT molecular complexity index is 374. The van der Waals surface area contributed by atoms with Crippen molar-refractivity contribution < 1.29 is 0 Å². The Hall–Kier alpha value is -1.09. The molecule has 2 rings (SSSR count). The van der Waals surface area contributed by atoms with E-state index in [-0.39, 0.29) is 6.04 Å². The van der Waals surface area contributed by atoms with E-state index in [0.29, 0.717) is 6.04 Å². The maximum absolute atomic E-state index is 6.07. The van der Waals surface area contributed by atoms with Crippen LogP contribution in [-0.2, 0) is 0 Å². The average molecular weight is 247 g/mol. The molecule has 0 amide bonds. The Morgan fingerprint density at radius 3 is 3.06 bits per heavy atom. The number of rotatable bonds is 4. The highest BCUT2D eigenvalue weighted by Gasteiger charge is 2.25. The first-order valence-corrected chi connectivity index (χ1v) is 7.21. The largest absolute Gasteiger partial charge is 0.353 e. The first kappa shape index (κ1) is 13.3. The lowest BCUT2D eigenvalue weighted by Gasteiger charge is -2.38. The molecule has 100 valence electrons. The van der Waals surface area contributed by atoms with Gasteiger partial charge in [-0.15, -0.1) is 0 Å². The Kier molecular flexibility index (Phi) is 4.59. The molecule has 1 aromatic heterocycles. The van der Waals surface area contributed by atoms with E-state index in [2.05, 4.69) is 22.9 Å². The lowest BCUT2D eigenvalue weighted by Crippen LogP contribution is -2.40. The summed E-state index contributed by atoms with van der Waals surface area (Å²) in [5.74, 6) is 1.12. The summed E-state index contributed by atoms with van der Waals surface area (Å²) >= 11 is 0. The van der Waals surface area contributed by atoms with E-state index in [1.54, 1.807) is 0 Å². The fourth-order valence-electron chi connectivity index (χ4n) is 2.92. The van der Waals surface area contributed by atoms with Gasteiger partial charge in [0, 0.05) is 30.4 Å². The van der Waals surface area contributed by atoms with E-state index in [1.165, 1.54) is 37.7 Å². The van der Waals surface area contributed by atoms with Crippen molar-refractivity contribution in [1.82, 2.24) is 4.98 Å². The van der Waals surface area contributed by atoms with Crippen molar-refractivity contribution in [3.63, 3.8) is 0 Å². The van der Waals surface area contributed by atoms with E-state index in [9.17, 15) is 0 Å². The van der Waals surface area contributed by atoms with Crippen LogP contribution >= 0.6 is 0 Å². The first-order valence-electron chi connectivity index (χ1n) is 7.21. The van der Waals surface area contributed by atoms with E-state index >= 15 is 0 Å². The Morgan fingerprint density at radius 1 is 1.50 bits per heavy atom. The minimum Gasteiger partial charge on any atom is -0.353 e. The molecule has 2 atom stereocenters. The molecule has 1 aliphatic rings. The summed E-state index contributed by atoms with van der Waals surface area (Å²) < 4.78 is 0. The molecule has 2 unspecified atom stereocenters. The second-order valence-electron chi connectivity index (χ2n) is 5.34. The molecule has 3 heteroatoms. The zero-order valence-corrected chi connectivity index (χ0v) is 11.6. The van der Waals surface area contributed by atoms with Crippen LogP contribution in [0.5, 0.6) is 0 Å². The van der Waals surface area contributed by atoms with Crippen LogP contribution in [-0.4, -0.2) is 17.6 Å². The molecular formula is C15H25N3. The van der Waals surface area contributed by atoms with Gasteiger partial charge in [0.1, 0.15) is 5.82 Å². The van der Waals surface area contributed by atoms with Gasteiger partial charge in [0.2, 0.25) is 0 Å². The molecule has 2 heterocycles. The average Bonchev–Trinajstić information content (AvgIpc) is 2.40. The molecule has 1 aliphatic heterocycles. The third-order valence-corrected chi connectivity index (χ3v) is 3.83. The number of hydrogen-bond acceptors (Lipinski definition) is 3. The monoisotopic (exact) mass is 247 g/mol. The maximum atomic E-state index is 6.07. The highest BCUT2D eigenvalue weighted by atomic mass is 15.2. The zero-order valence-electron chi connectivity index (χ0n) is 11.6. The molecule has 3 nitrogen and oxygen atoms in total. The molecule has 1 aromatic rings. The van der Waals surface area contributed by atoms with E-state index in [1.807, 2.05) is 19.2 Å². The van der Waals surface area contributed by atoms with Crippen molar-refractivity contribution >= 4 is 5.82 Å². The van der Waals surface area contributed by atoms with Crippen molar-refractivity contribution in [2.24, 2.45) is 5.73 Å². The lowest BCUT2D eigenvalue weighted by molar-refractivity contribution is 0.430. The minimum absolute atomic E-state index is 0.0536. The van der Waals surface area contributed by atoms with Gasteiger partial charge in [-0.05, 0) is 38.7 Å². The number of aromatic nitrogens is 1. The Balaban J connectivity index is 2.27. The van der Waals surface area contributed by atoms with Gasteiger partial charge in [-0.1, -0.05) is 19.4 Å². The summed E-state index contributed by atoms with van der Waals surface area (Å²) in [6, 6.07) is 4.81. The summed E-state index contributed by atoms with van der Waals surface area (Å²) in [5.41, 5.74) is 7.25. The van der Waals surface area contributed by atoms with Crippen LogP contribution in [0.25, 0.3) is 0 Å². The molecule has 0 spiro atoms. The second-order valence-corrected chi connectivity index (χ2v) is 5.34. The molecule has 18 heavy (non-hydrogen) atoms. The van der Waals surface area contributed by atoms with Crippen molar-refractivity contribution in [1.29, 1.82) is 0 Å². The van der Waals surface area contributed by atoms with Crippen molar-refractivity contribution in [3.05, 3.63) is 23.9 Å². The van der Waals surface area contributed by atoms with Crippen LogP contribution < -0.4 is 10.6 Å². The summed E-state index contributed by atoms with van der Waals surface area (Å²) in [7, 11) is 0. The predicted octanol–water partition coefficient (Wildman–Crippen LogP) is 3.26. The van der Waals surface area contributed by atoms with Gasteiger partial charge in [-0.3, -0.25) is 0 Å². The highest BCUT2D eigenvalue weighted by Crippen LogP contribution is 2.30. The van der Waals surface area contributed by atoms with Crippen LogP contribution in [0.15, 0.2) is 18.3 Å². The molecule has 2 N–H and O–H groups in total. The van der Waals surface area contributed by atoms with Gasteiger partial charge >= 0.3 is 0 Å². The molecule has 1 saturated heterocycles. The van der Waals surface area contributed by atoms with Crippen molar-refractivity contribution in [2.75, 3.05) is 11.4 Å². The number of anilines is 1. The number of nitrogens with two attached hydrogens (primary N) is 1. The molecule has 0 aliphatic carbocycles. The molecule has 0 saturated carbocycles. The predicted molar refractivity (Wildman–Crippen MR) is 76.7 cm³/mol. The molecule has 0 radical (unpaired) electrons. The Labute approximate surface area is 110 Å². The highest BCUT2D eigenvalue weighted by molar-refractivity contribution is 5.49. The number of piperidine rings is 1. The second kappa shape index (κ2) is 6.19. The molecule has 1 fully saturated rings. The summed E-state index contributed by atoms with van der Waals surface area (Å²) in [6.07, 6.45) is 8.30. The SMILES string of the molecule is CCCC1CCCCN1c1ncccc1C(C)N. The number of nitrogens with zero attached hydrogens (tertiary/aromatic N) is 2. The first-order chi connectivity index (χ1) is 8.74. The van der Waals surface area contributed by atoms with E-state index in [4.69, 9.17) is 5.73 Å². The van der Waals surface area contributed by atoms with Gasteiger partial charge in [-0.25, -0.2) is 4.98 Å². The number of pyridine rings is 1. The zero-order chi connectivity index (χ0) is 13.0. The Morgan fingerprint density at radius 2 is 2.33 bits per heavy atom. The normalized spacial score (nSPS) is 21.9. The van der Waals surface area contributed by atoms with Crippen LogP contribution in [0.2, 0.25) is 0 Å². The smallest absolute Gasteiger partial charge is 0.133 e. The topological polar surface area (TPSA) is 42.2 Å². The van der Waals surface area contributed by atoms with Gasteiger partial charge in [0.05, 0.1) is 0 Å². The minimum atomic E-state index is 0.0536. The van der Waals surface area contributed by atoms with Gasteiger partial charge in [0.15, 0.2) is 0 Å². The van der Waals surface area contributed by atoms with Crippen molar-refractivity contribution in [3.8, 4) is 0 Å². The van der Waals surface area contributed by atoms with Crippen LogP contribution in [0.4, 0.5) is 5.82 Å². The van der Waals surface area contributed by atoms with Gasteiger partial charge < -0.3 is 10.6 Å². The maximum Gasteiger partial charge on any atom is 0.133 e. The molecule has 0 aromatic carbocycles. The van der Waals surface area contributed by atoms with Crippen molar-refractivity contribution in [2.45, 2.75) is 58.0 Å². The fourth-order valence-corrected chi connectivity index (χ4v) is 2.92. The summed E-state index contributed by atoms with van der Waals surface area (Å²) in [5, 5.41) is 0. The van der Waals surface area contributed by atoms with E-state index < -0.39 is 0 Å². The van der Waals surface area contributed by atoms with E-state index in [0.717, 1.165) is 12.4 Å². The van der Waals surface area contributed by atoms with Crippen LogP contribution in [0, 0.1) is 0 Å². The molecule has 0 bridgehead atoms. The standard InChI is InChI=1S/C15H25N3/c1-3-7-13-8-4-5-11-18(13)15-14(12(2)16)9-6-10-17-15/h6,9-10,12-13H,3-5,7-8,11,16H2,1-2H3. The lowest BCUT2D eigenvalue weighted by atomic mass is 9.97. The van der Waals surface area contributed by atoms with Gasteiger partial charge in [0.25, 0.3) is 0 Å². The third-order valence-electron chi connectivity index (χ3n) is 3.83. The molecular weight excluding hydrogens is 222 g/mol.